The van der Waals surface area contributed by atoms with Crippen LogP contribution in [0.1, 0.15) is 12.8 Å². The van der Waals surface area contributed by atoms with Crippen LogP contribution in [0.4, 0.5) is 0 Å². The number of benzene rings is 1. The van der Waals surface area contributed by atoms with Gasteiger partial charge < -0.3 is 4.42 Å². The van der Waals surface area contributed by atoms with E-state index in [4.69, 9.17) is 4.42 Å². The lowest BCUT2D eigenvalue weighted by molar-refractivity contribution is 0.524. The Hall–Kier alpha value is -1.83. The van der Waals surface area contributed by atoms with Crippen LogP contribution < -0.4 is 20.6 Å². The minimum absolute atomic E-state index is 0.649. The van der Waals surface area contributed by atoms with Gasteiger partial charge in [-0.05, 0) is 12.1 Å². The first-order valence-corrected chi connectivity index (χ1v) is 6.04. The lowest BCUT2D eigenvalue weighted by Crippen LogP contribution is -2.28. The number of hydrogen-bond acceptors (Lipinski definition) is 1. The van der Waals surface area contributed by atoms with Crippen molar-refractivity contribution in [2.24, 2.45) is 0 Å². The summed E-state index contributed by atoms with van der Waals surface area (Å²) in [6, 6.07) is 8.38. The minimum atomic E-state index is 0.649. The Kier molecular flexibility index (Phi) is 2.36. The predicted octanol–water partition coefficient (Wildman–Crippen LogP) is 0.771. The van der Waals surface area contributed by atoms with Gasteiger partial charge in [0.25, 0.3) is 0 Å². The van der Waals surface area contributed by atoms with Gasteiger partial charge in [-0.15, -0.1) is 0 Å². The second-order valence-corrected chi connectivity index (χ2v) is 4.61. The summed E-state index contributed by atoms with van der Waals surface area (Å²) < 4.78 is 8.09. The van der Waals surface area contributed by atoms with Gasteiger partial charge in [-0.1, -0.05) is 13.2 Å². The summed E-state index contributed by atoms with van der Waals surface area (Å²) >= 11 is 0. The van der Waals surface area contributed by atoms with Gasteiger partial charge in [0.1, 0.15) is 24.3 Å². The molecule has 0 unspecified atom stereocenters. The van der Waals surface area contributed by atoms with E-state index >= 15 is 0 Å². The summed E-state index contributed by atoms with van der Waals surface area (Å²) in [7, 11) is 0. The fourth-order valence-electron chi connectivity index (χ4n) is 2.37. The van der Waals surface area contributed by atoms with Crippen LogP contribution in [0.3, 0.4) is 0 Å². The maximum absolute atomic E-state index is 5.69. The minimum Gasteiger partial charge on any atom is -0.457 e. The molecule has 2 aliphatic heterocycles. The molecule has 3 aliphatic rings. The van der Waals surface area contributed by atoms with Crippen molar-refractivity contribution in [2.45, 2.75) is 12.8 Å². The highest BCUT2D eigenvalue weighted by molar-refractivity contribution is 5.57. The number of fused-ring (bicyclic) bond motifs is 1. The highest BCUT2D eigenvalue weighted by Crippen LogP contribution is 2.14. The molecule has 0 bridgehead atoms. The number of nitrogens with zero attached hydrogens (tertiary/aromatic N) is 1. The predicted molar refractivity (Wildman–Crippen MR) is 69.9 cm³/mol. The van der Waals surface area contributed by atoms with Crippen molar-refractivity contribution in [2.75, 3.05) is 13.1 Å². The Morgan fingerprint density at radius 1 is 1.06 bits per heavy atom. The number of rotatable bonds is 0. The molecule has 2 nitrogen and oxygen atoms in total. The van der Waals surface area contributed by atoms with E-state index in [0.717, 1.165) is 29.6 Å². The highest BCUT2D eigenvalue weighted by atomic mass is 16.3. The van der Waals surface area contributed by atoms with Crippen molar-refractivity contribution in [3.63, 3.8) is 0 Å². The molecule has 0 aromatic carbocycles. The molecule has 1 saturated heterocycles. The van der Waals surface area contributed by atoms with Gasteiger partial charge in [-0.25, -0.2) is 4.58 Å². The molecule has 0 atom stereocenters. The lowest BCUT2D eigenvalue weighted by atomic mass is 10.1. The van der Waals surface area contributed by atoms with Crippen LogP contribution in [0.5, 0.6) is 0 Å². The van der Waals surface area contributed by atoms with Gasteiger partial charge >= 0.3 is 0 Å². The monoisotopic (exact) mass is 226 g/mol. The Balaban J connectivity index is 2.30. The molecule has 2 heteroatoms. The van der Waals surface area contributed by atoms with E-state index in [9.17, 15) is 0 Å². The Labute approximate surface area is 100 Å². The largest absolute Gasteiger partial charge is 0.457 e. The third-order valence-corrected chi connectivity index (χ3v) is 3.39. The standard InChI is InChI=1S/C15H16NO/c1-11-9-13-5-6-14(16-7-3-4-8-16)10-15(13)17-12(11)2/h5-6,9-10H,1-4,7-8H2/q+1. The second-order valence-electron chi connectivity index (χ2n) is 4.61. The Morgan fingerprint density at radius 3 is 2.59 bits per heavy atom. The van der Waals surface area contributed by atoms with Crippen LogP contribution in [0.25, 0.3) is 24.5 Å². The van der Waals surface area contributed by atoms with E-state index in [-0.39, 0.29) is 0 Å². The van der Waals surface area contributed by atoms with Gasteiger partial charge in [0.2, 0.25) is 5.36 Å². The van der Waals surface area contributed by atoms with Crippen molar-refractivity contribution in [1.82, 2.24) is 4.58 Å². The molecule has 2 heterocycles. The average molecular weight is 226 g/mol. The summed E-state index contributed by atoms with van der Waals surface area (Å²) in [5.74, 6) is 0.895. The molecular weight excluding hydrogens is 210 g/mol. The zero-order valence-corrected chi connectivity index (χ0v) is 9.91. The quantitative estimate of drug-likeness (QED) is 0.606. The van der Waals surface area contributed by atoms with E-state index in [2.05, 4.69) is 35.9 Å². The number of hydrogen-bond donors (Lipinski definition) is 0. The highest BCUT2D eigenvalue weighted by Gasteiger charge is 2.14. The summed E-state index contributed by atoms with van der Waals surface area (Å²) in [5, 5.41) is 2.10. The fourth-order valence-corrected chi connectivity index (χ4v) is 2.37. The van der Waals surface area contributed by atoms with E-state index < -0.39 is 0 Å². The summed E-state index contributed by atoms with van der Waals surface area (Å²) in [4.78, 5) is 0. The average Bonchev–Trinajstić information content (AvgIpc) is 2.83. The van der Waals surface area contributed by atoms with Crippen LogP contribution in [0.15, 0.2) is 28.7 Å². The molecule has 0 aromatic heterocycles. The molecule has 17 heavy (non-hydrogen) atoms. The maximum Gasteiger partial charge on any atom is 0.203 e. The molecule has 0 N–H and O–H groups in total. The summed E-state index contributed by atoms with van der Waals surface area (Å²) in [6.45, 7) is 10.1. The van der Waals surface area contributed by atoms with Crippen LogP contribution in [0, 0.1) is 0 Å². The zero-order valence-electron chi connectivity index (χ0n) is 9.91. The van der Waals surface area contributed by atoms with Gasteiger partial charge in [0.15, 0.2) is 0 Å². The summed E-state index contributed by atoms with van der Waals surface area (Å²) in [5.41, 5.74) is 1.74. The summed E-state index contributed by atoms with van der Waals surface area (Å²) in [6.07, 6.45) is 2.57. The maximum atomic E-state index is 5.69. The molecule has 0 aromatic rings. The van der Waals surface area contributed by atoms with Gasteiger partial charge in [-0.2, -0.15) is 0 Å². The van der Waals surface area contributed by atoms with Crippen molar-refractivity contribution < 1.29 is 4.42 Å². The topological polar surface area (TPSA) is 16.1 Å². The van der Waals surface area contributed by atoms with E-state index in [1.165, 1.54) is 18.2 Å². The molecule has 1 fully saturated rings. The first kappa shape index (κ1) is 10.3. The van der Waals surface area contributed by atoms with Gasteiger partial charge in [-0.3, -0.25) is 0 Å². The van der Waals surface area contributed by atoms with Crippen LogP contribution >= 0.6 is 0 Å². The van der Waals surface area contributed by atoms with Crippen molar-refractivity contribution in [1.29, 1.82) is 0 Å². The van der Waals surface area contributed by atoms with Crippen molar-refractivity contribution in [3.8, 4) is 11.3 Å². The molecule has 3 rings (SSSR count). The van der Waals surface area contributed by atoms with Crippen LogP contribution in [0.2, 0.25) is 0 Å². The zero-order chi connectivity index (χ0) is 11.8. The fraction of sp³-hybridized carbons (Fsp3) is 0.267. The lowest BCUT2D eigenvalue weighted by Gasteiger charge is -2.03. The molecule has 0 spiro atoms. The van der Waals surface area contributed by atoms with Crippen molar-refractivity contribution >= 4 is 13.2 Å². The molecule has 0 amide bonds. The third-order valence-electron chi connectivity index (χ3n) is 3.39. The SMILES string of the molecule is C=c1cc2ccc(=[N+]3CCCC3)cc-2oc1=C. The normalized spacial score (nSPS) is 15.6. The van der Waals surface area contributed by atoms with Crippen LogP contribution in [-0.2, 0) is 0 Å². The molecule has 0 saturated carbocycles. The molecule has 0 radical (unpaired) electrons. The second kappa shape index (κ2) is 3.88. The molecule has 86 valence electrons. The van der Waals surface area contributed by atoms with Crippen molar-refractivity contribution in [3.05, 3.63) is 40.3 Å². The molecule has 1 aliphatic carbocycles. The van der Waals surface area contributed by atoms with Gasteiger partial charge in [0.05, 0.1) is 6.07 Å². The van der Waals surface area contributed by atoms with Gasteiger partial charge in [0, 0.05) is 29.7 Å². The van der Waals surface area contributed by atoms with Crippen LogP contribution in [-0.4, -0.2) is 13.1 Å². The smallest absolute Gasteiger partial charge is 0.203 e. The third kappa shape index (κ3) is 1.80. The Morgan fingerprint density at radius 2 is 1.82 bits per heavy atom. The van der Waals surface area contributed by atoms with E-state index in [1.807, 2.05) is 6.07 Å². The first-order valence-electron chi connectivity index (χ1n) is 6.04. The van der Waals surface area contributed by atoms with E-state index in [1.54, 1.807) is 0 Å². The first-order chi connectivity index (χ1) is 8.24. The Bertz CT molecular complexity index is 688. The van der Waals surface area contributed by atoms with E-state index in [0.29, 0.717) is 5.42 Å². The molecular formula is C15H16NO+.